The van der Waals surface area contributed by atoms with Crippen LogP contribution >= 0.6 is 15.6 Å². The van der Waals surface area contributed by atoms with E-state index in [4.69, 9.17) is 15.0 Å². The van der Waals surface area contributed by atoms with Crippen LogP contribution < -0.4 is 16.6 Å². The van der Waals surface area contributed by atoms with Crippen molar-refractivity contribution in [3.05, 3.63) is 71.3 Å². The van der Waals surface area contributed by atoms with E-state index in [9.17, 15) is 38.7 Å². The monoisotopic (exact) mass is 676 g/mol. The van der Waals surface area contributed by atoms with Gasteiger partial charge in [-0.15, -0.1) is 0 Å². The van der Waals surface area contributed by atoms with Gasteiger partial charge >= 0.3 is 15.6 Å². The van der Waals surface area contributed by atoms with Gasteiger partial charge in [-0.3, -0.25) is 28.2 Å². The fraction of sp³-hybridized carbons (Fsp3) is 0.231. The van der Waals surface area contributed by atoms with Crippen LogP contribution in [0.2, 0.25) is 0 Å². The van der Waals surface area contributed by atoms with Crippen LogP contribution in [0.1, 0.15) is 6.23 Å². The number of H-pyrrole nitrogens is 1. The number of anilines is 2. The molecule has 18 nitrogen and oxygen atoms in total. The van der Waals surface area contributed by atoms with Crippen LogP contribution in [0, 0.1) is 0 Å². The Kier molecular flexibility index (Phi) is 8.51. The molecule has 1 fully saturated rings. The van der Waals surface area contributed by atoms with Gasteiger partial charge in [-0.2, -0.15) is 9.29 Å². The van der Waals surface area contributed by atoms with Crippen LogP contribution in [0.5, 0.6) is 0 Å². The minimum Gasteiger partial charge on any atom is -0.387 e. The second-order valence-corrected chi connectivity index (χ2v) is 13.3. The summed E-state index contributed by atoms with van der Waals surface area (Å²) in [6, 6.07) is 16.8. The number of benzene rings is 3. The average Bonchev–Trinajstić information content (AvgIpc) is 3.53. The highest BCUT2D eigenvalue weighted by Crippen LogP contribution is 2.60. The van der Waals surface area contributed by atoms with Gasteiger partial charge in [0.2, 0.25) is 5.95 Å². The molecule has 3 heterocycles. The van der Waals surface area contributed by atoms with Crippen molar-refractivity contribution in [3.8, 4) is 0 Å². The summed E-state index contributed by atoms with van der Waals surface area (Å²) in [5.41, 5.74) is 5.06. The van der Waals surface area contributed by atoms with Crippen LogP contribution in [-0.4, -0.2) is 77.0 Å². The van der Waals surface area contributed by atoms with Gasteiger partial charge in [0.05, 0.1) is 12.9 Å². The summed E-state index contributed by atoms with van der Waals surface area (Å²) in [5, 5.41) is 27.2. The number of aromatic amines is 1. The standard InChI is InChI=1S/C26H26N6O12P2/c27-26-30-23-20(24(36)31-26)28-12-32(23)25-22(35)21(34)18(43-25)10-41-45(37,38)44-46(39,40)42-11-19(33)29-17-6-5-15-7-13-3-1-2-4-14(13)8-16(15)9-17/h1-9,12,18,21-22,25,34-35H,10-11H2,(H,29,33)(H,37,38)(H,39,40)(H3,27,30,31,36)/t18-,21-,22-,25-/m1/s1. The molecule has 1 aliphatic rings. The van der Waals surface area contributed by atoms with E-state index in [-0.39, 0.29) is 17.1 Å². The fourth-order valence-corrected chi connectivity index (χ4v) is 6.96. The maximum absolute atomic E-state index is 12.4. The molecule has 2 unspecified atom stereocenters. The molecule has 0 bridgehead atoms. The topological polar surface area (TPSA) is 271 Å². The molecular formula is C26H26N6O12P2. The lowest BCUT2D eigenvalue weighted by Crippen LogP contribution is -2.33. The number of carbonyl (C=O) groups is 1. The van der Waals surface area contributed by atoms with Gasteiger partial charge in [0.25, 0.3) is 11.5 Å². The van der Waals surface area contributed by atoms with Gasteiger partial charge in [-0.1, -0.05) is 30.3 Å². The Morgan fingerprint density at radius 3 is 2.41 bits per heavy atom. The summed E-state index contributed by atoms with van der Waals surface area (Å²) >= 11 is 0. The van der Waals surface area contributed by atoms with Crippen molar-refractivity contribution in [1.82, 2.24) is 19.5 Å². The lowest BCUT2D eigenvalue weighted by atomic mass is 10.0. The highest BCUT2D eigenvalue weighted by molar-refractivity contribution is 7.61. The number of ether oxygens (including phenoxy) is 1. The van der Waals surface area contributed by atoms with E-state index in [1.54, 1.807) is 18.2 Å². The van der Waals surface area contributed by atoms with Gasteiger partial charge in [0.15, 0.2) is 17.4 Å². The van der Waals surface area contributed by atoms with Gasteiger partial charge in [-0.25, -0.2) is 14.1 Å². The number of aliphatic hydroxyl groups is 2. The third-order valence-electron chi connectivity index (χ3n) is 7.02. The Bertz CT molecular complexity index is 2120. The first-order valence-electron chi connectivity index (χ1n) is 13.4. The molecule has 0 radical (unpaired) electrons. The van der Waals surface area contributed by atoms with Crippen molar-refractivity contribution >= 4 is 65.9 Å². The summed E-state index contributed by atoms with van der Waals surface area (Å²) in [6.45, 7) is -1.94. The third-order valence-corrected chi connectivity index (χ3v) is 9.60. The maximum Gasteiger partial charge on any atom is 0.481 e. The minimum absolute atomic E-state index is 0.0770. The van der Waals surface area contributed by atoms with Crippen molar-refractivity contribution in [3.63, 3.8) is 0 Å². The Labute approximate surface area is 257 Å². The first-order chi connectivity index (χ1) is 21.8. The second kappa shape index (κ2) is 12.3. The number of amides is 1. The summed E-state index contributed by atoms with van der Waals surface area (Å²) in [7, 11) is -10.7. The van der Waals surface area contributed by atoms with E-state index in [1.807, 2.05) is 36.4 Å². The van der Waals surface area contributed by atoms with E-state index in [2.05, 4.69) is 29.1 Å². The quantitative estimate of drug-likeness (QED) is 0.0816. The number of nitrogen functional groups attached to an aromatic ring is 1. The number of aromatic nitrogens is 4. The highest BCUT2D eigenvalue weighted by Gasteiger charge is 2.46. The zero-order valence-corrected chi connectivity index (χ0v) is 25.2. The molecule has 1 amide bonds. The molecule has 6 atom stereocenters. The lowest BCUT2D eigenvalue weighted by Gasteiger charge is -2.19. The first kappa shape index (κ1) is 31.9. The molecule has 2 aromatic heterocycles. The number of nitrogens with zero attached hydrogens (tertiary/aromatic N) is 3. The molecule has 5 aromatic rings. The van der Waals surface area contributed by atoms with Crippen molar-refractivity contribution in [2.45, 2.75) is 24.5 Å². The highest BCUT2D eigenvalue weighted by atomic mass is 31.3. The van der Waals surface area contributed by atoms with Crippen LogP contribution in [-0.2, 0) is 32.0 Å². The maximum atomic E-state index is 12.4. The fourth-order valence-electron chi connectivity index (χ4n) is 4.93. The predicted octanol–water partition coefficient (Wildman–Crippen LogP) is 1.52. The number of carbonyl (C=O) groups excluding carboxylic acids is 1. The van der Waals surface area contributed by atoms with Crippen molar-refractivity contribution in [2.75, 3.05) is 24.3 Å². The van der Waals surface area contributed by atoms with Gasteiger partial charge < -0.3 is 35.8 Å². The Hall–Kier alpha value is -4.06. The molecule has 0 aliphatic carbocycles. The van der Waals surface area contributed by atoms with Crippen molar-refractivity contribution < 1.29 is 52.0 Å². The zero-order chi connectivity index (χ0) is 32.8. The molecule has 20 heteroatoms. The largest absolute Gasteiger partial charge is 0.481 e. The Morgan fingerprint density at radius 2 is 1.67 bits per heavy atom. The van der Waals surface area contributed by atoms with Gasteiger partial charge in [-0.05, 0) is 45.8 Å². The summed E-state index contributed by atoms with van der Waals surface area (Å²) in [5.74, 6) is -1.11. The molecule has 0 spiro atoms. The number of nitrogens with two attached hydrogens (primary N) is 1. The van der Waals surface area contributed by atoms with Crippen LogP contribution in [0.4, 0.5) is 11.6 Å². The Balaban J connectivity index is 1.03. The average molecular weight is 676 g/mol. The van der Waals surface area contributed by atoms with Gasteiger partial charge in [0, 0.05) is 5.69 Å². The predicted molar refractivity (Wildman–Crippen MR) is 161 cm³/mol. The lowest BCUT2D eigenvalue weighted by molar-refractivity contribution is -0.118. The van der Waals surface area contributed by atoms with E-state index >= 15 is 0 Å². The normalized spacial score (nSPS) is 22.6. The van der Waals surface area contributed by atoms with Crippen LogP contribution in [0.25, 0.3) is 32.7 Å². The molecule has 1 saturated heterocycles. The van der Waals surface area contributed by atoms with E-state index < -0.39 is 64.9 Å². The number of imidazole rings is 1. The molecular weight excluding hydrogens is 650 g/mol. The molecule has 1 aliphatic heterocycles. The number of hydrogen-bond acceptors (Lipinski definition) is 13. The number of phosphoric ester groups is 2. The minimum atomic E-state index is -5.36. The van der Waals surface area contributed by atoms with Crippen LogP contribution in [0.3, 0.4) is 0 Å². The summed E-state index contributed by atoms with van der Waals surface area (Å²) in [6.07, 6.45) is -5.09. The molecule has 3 aromatic carbocycles. The third kappa shape index (κ3) is 6.72. The molecule has 46 heavy (non-hydrogen) atoms. The number of fused-ring (bicyclic) bond motifs is 3. The summed E-state index contributed by atoms with van der Waals surface area (Å²) in [4.78, 5) is 54.5. The Morgan fingerprint density at radius 1 is 1.00 bits per heavy atom. The number of phosphoric acid groups is 2. The number of rotatable bonds is 10. The number of aliphatic hydroxyl groups excluding tert-OH is 2. The molecule has 8 N–H and O–H groups in total. The smallest absolute Gasteiger partial charge is 0.387 e. The van der Waals surface area contributed by atoms with Crippen LogP contribution in [0.15, 0.2) is 65.7 Å². The SMILES string of the molecule is Nc1nc2c(ncn2[C@@H]2O[C@H](COP(=O)(O)OP(=O)(O)OCC(=O)Nc3ccc4cc5ccccc5cc4c3)[C@@H](O)[C@H]2O)c(=O)[nH]1. The molecule has 242 valence electrons. The summed E-state index contributed by atoms with van der Waals surface area (Å²) < 4.78 is 44.9. The zero-order valence-electron chi connectivity index (χ0n) is 23.4. The molecule has 6 rings (SSSR count). The first-order valence-corrected chi connectivity index (χ1v) is 16.4. The number of hydrogen-bond donors (Lipinski definition) is 7. The van der Waals surface area contributed by atoms with E-state index in [0.717, 1.165) is 32.4 Å². The van der Waals surface area contributed by atoms with Gasteiger partial charge in [0.1, 0.15) is 24.9 Å². The van der Waals surface area contributed by atoms with E-state index in [0.29, 0.717) is 5.69 Å². The van der Waals surface area contributed by atoms with Crippen molar-refractivity contribution in [2.24, 2.45) is 0 Å². The number of nitrogens with one attached hydrogen (secondary N) is 2. The second-order valence-electron chi connectivity index (χ2n) is 10.2. The van der Waals surface area contributed by atoms with Crippen molar-refractivity contribution in [1.29, 1.82) is 0 Å². The van der Waals surface area contributed by atoms with E-state index in [1.165, 1.54) is 0 Å². The molecule has 0 saturated carbocycles.